The molecule has 3 aliphatic rings. The fraction of sp³-hybridized carbons (Fsp3) is 0.536. The Balaban J connectivity index is 0.820. The molecule has 3 heterocycles. The van der Waals surface area contributed by atoms with Gasteiger partial charge in [0.05, 0.1) is 52.0 Å². The van der Waals surface area contributed by atoms with Crippen molar-refractivity contribution in [1.29, 1.82) is 5.26 Å². The van der Waals surface area contributed by atoms with E-state index in [-0.39, 0.29) is 55.1 Å². The third-order valence-electron chi connectivity index (χ3n) is 15.1. The average molecular weight is 1040 g/mol. The Morgan fingerprint density at radius 3 is 2.16 bits per heavy atom. The second kappa shape index (κ2) is 22.5. The number of piperazine rings is 1. The molecule has 0 bridgehead atoms. The van der Waals surface area contributed by atoms with Gasteiger partial charge in [-0.15, -0.1) is 11.3 Å². The normalized spacial score (nSPS) is 21.7. The number of benzene rings is 3. The van der Waals surface area contributed by atoms with Crippen molar-refractivity contribution in [3.8, 4) is 22.3 Å². The third-order valence-corrected chi connectivity index (χ3v) is 16.1. The number of aryl methyl sites for hydroxylation is 2. The molecule has 4 aromatic rings. The zero-order valence-electron chi connectivity index (χ0n) is 43.9. The average Bonchev–Trinajstić information content (AvgIpc) is 3.97. The third kappa shape index (κ3) is 12.8. The quantitative estimate of drug-likeness (QED) is 0.0759. The van der Waals surface area contributed by atoms with E-state index >= 15 is 0 Å². The molecule has 2 saturated heterocycles. The lowest BCUT2D eigenvalue weighted by atomic mass is 9.49. The number of halogens is 3. The predicted molar refractivity (Wildman–Crippen MR) is 278 cm³/mol. The number of aromatic nitrogens is 1. The molecule has 398 valence electrons. The van der Waals surface area contributed by atoms with Crippen LogP contribution in [0.2, 0.25) is 0 Å². The highest BCUT2D eigenvalue weighted by atomic mass is 32.1. The summed E-state index contributed by atoms with van der Waals surface area (Å²) in [4.78, 5) is 66.3. The van der Waals surface area contributed by atoms with Gasteiger partial charge >= 0.3 is 6.18 Å². The number of hydrogen-bond donors (Lipinski definition) is 4. The number of hydrogen-bond acceptors (Lipinski definition) is 11. The summed E-state index contributed by atoms with van der Waals surface area (Å²) in [5.41, 5.74) is 2.91. The zero-order chi connectivity index (χ0) is 53.9. The maximum absolute atomic E-state index is 14.2. The van der Waals surface area contributed by atoms with Crippen molar-refractivity contribution in [3.05, 3.63) is 106 Å². The number of amides is 4. The van der Waals surface area contributed by atoms with Crippen LogP contribution in [0.15, 0.2) is 72.2 Å². The minimum Gasteiger partial charge on any atom is -0.489 e. The lowest BCUT2D eigenvalue weighted by molar-refractivity contribution is -0.164. The lowest BCUT2D eigenvalue weighted by Crippen LogP contribution is -2.74. The molecule has 1 saturated carbocycles. The first-order valence-electron chi connectivity index (χ1n) is 25.5. The number of nitrogens with one attached hydrogen (secondary N) is 3. The van der Waals surface area contributed by atoms with Crippen LogP contribution in [-0.4, -0.2) is 125 Å². The molecule has 0 spiro atoms. The Morgan fingerprint density at radius 2 is 1.57 bits per heavy atom. The number of likely N-dealkylation sites (tertiary alicyclic amines) is 1. The van der Waals surface area contributed by atoms with E-state index in [1.807, 2.05) is 116 Å². The molecular weight excluding hydrogens is 970 g/mol. The van der Waals surface area contributed by atoms with Gasteiger partial charge in [-0.1, -0.05) is 84.9 Å². The molecule has 3 aromatic carbocycles. The van der Waals surface area contributed by atoms with Gasteiger partial charge in [-0.3, -0.25) is 24.1 Å². The van der Waals surface area contributed by atoms with Gasteiger partial charge in [0.25, 0.3) is 5.91 Å². The van der Waals surface area contributed by atoms with Gasteiger partial charge in [0.1, 0.15) is 23.9 Å². The van der Waals surface area contributed by atoms with E-state index in [9.17, 15) is 42.7 Å². The second-order valence-electron chi connectivity index (χ2n) is 22.5. The van der Waals surface area contributed by atoms with Crippen LogP contribution in [-0.2, 0) is 27.0 Å². The monoisotopic (exact) mass is 1040 g/mol. The molecule has 3 fully saturated rings. The summed E-state index contributed by atoms with van der Waals surface area (Å²) in [5, 5.41) is 29.1. The first-order valence-corrected chi connectivity index (χ1v) is 26.4. The molecule has 18 heteroatoms. The molecule has 1 aliphatic carbocycles. The number of rotatable bonds is 17. The van der Waals surface area contributed by atoms with Crippen LogP contribution in [0.4, 0.5) is 13.2 Å². The maximum Gasteiger partial charge on any atom is 0.417 e. The Bertz CT molecular complexity index is 2670. The lowest BCUT2D eigenvalue weighted by Gasteiger charge is -2.63. The van der Waals surface area contributed by atoms with Crippen LogP contribution >= 0.6 is 11.3 Å². The summed E-state index contributed by atoms with van der Waals surface area (Å²) in [6.07, 6.45) is -3.23. The van der Waals surface area contributed by atoms with Gasteiger partial charge in [-0.05, 0) is 92.1 Å². The van der Waals surface area contributed by atoms with Crippen molar-refractivity contribution < 1.29 is 42.2 Å². The molecule has 1 aromatic heterocycles. The van der Waals surface area contributed by atoms with Gasteiger partial charge < -0.3 is 35.6 Å². The summed E-state index contributed by atoms with van der Waals surface area (Å²) in [6, 6.07) is 17.9. The largest absolute Gasteiger partial charge is 0.489 e. The summed E-state index contributed by atoms with van der Waals surface area (Å²) in [7, 11) is 0. The van der Waals surface area contributed by atoms with Crippen LogP contribution in [0.1, 0.15) is 119 Å². The molecule has 0 unspecified atom stereocenters. The minimum atomic E-state index is -4.70. The maximum atomic E-state index is 14.2. The van der Waals surface area contributed by atoms with E-state index in [4.69, 9.17) is 4.74 Å². The zero-order valence-corrected chi connectivity index (χ0v) is 44.8. The number of alkyl halides is 3. The summed E-state index contributed by atoms with van der Waals surface area (Å²) in [5.74, 6) is -1.26. The number of aliphatic hydroxyl groups excluding tert-OH is 1. The summed E-state index contributed by atoms with van der Waals surface area (Å²) >= 11 is 1.57. The Hall–Kier alpha value is -5.87. The highest BCUT2D eigenvalue weighted by Crippen LogP contribution is 2.56. The van der Waals surface area contributed by atoms with Crippen LogP contribution in [0.25, 0.3) is 10.4 Å². The number of nitriles is 1. The number of carbonyl (C=O) groups excluding carboxylic acids is 4. The predicted octanol–water partition coefficient (Wildman–Crippen LogP) is 7.93. The number of ether oxygens (including phenoxy) is 1. The molecule has 4 atom stereocenters. The topological polar surface area (TPSA) is 180 Å². The first kappa shape index (κ1) is 55.9. The molecular formula is C56H71F3N8O6S. The van der Waals surface area contributed by atoms with Crippen molar-refractivity contribution in [1.82, 2.24) is 35.6 Å². The molecule has 14 nitrogen and oxygen atoms in total. The SMILES string of the molecule is Cc1ncsc1-c1ccc([C@H](C)NC(=O)[C@@H]2C[C@@H](O)CN2C(=O)[C@@H](NC(=O)CN2CCN(CCCCc3ccc(C(=O)NC4C(C)(C)C(Oc5ccc(C#N)c(C(F)(F)F)c5)C4(C)C)cc3)CC2)C(C)(C)C)cc1. The van der Waals surface area contributed by atoms with Crippen molar-refractivity contribution in [2.24, 2.45) is 16.2 Å². The molecule has 7 rings (SSSR count). The van der Waals surface area contributed by atoms with Crippen molar-refractivity contribution in [2.75, 3.05) is 45.8 Å². The van der Waals surface area contributed by atoms with Gasteiger partial charge in [0.15, 0.2) is 0 Å². The van der Waals surface area contributed by atoms with E-state index in [0.717, 1.165) is 78.3 Å². The Labute approximate surface area is 437 Å². The highest BCUT2D eigenvalue weighted by molar-refractivity contribution is 7.13. The number of aliphatic hydroxyl groups is 1. The Morgan fingerprint density at radius 1 is 0.919 bits per heavy atom. The van der Waals surface area contributed by atoms with E-state index in [0.29, 0.717) is 18.7 Å². The fourth-order valence-electron chi connectivity index (χ4n) is 11.2. The molecule has 0 radical (unpaired) electrons. The van der Waals surface area contributed by atoms with Gasteiger partial charge in [0, 0.05) is 61.6 Å². The number of β-amino-alcohol motifs (C(OH)–C–C–N with tert-alkyl or cyclic N) is 1. The number of carbonyl (C=O) groups is 4. The van der Waals surface area contributed by atoms with Gasteiger partial charge in [-0.2, -0.15) is 18.4 Å². The highest BCUT2D eigenvalue weighted by Gasteiger charge is 2.64. The second-order valence-corrected chi connectivity index (χ2v) is 23.4. The first-order chi connectivity index (χ1) is 34.8. The molecule has 4 N–H and O–H groups in total. The minimum absolute atomic E-state index is 0.00356. The number of nitrogens with zero attached hydrogens (tertiary/aromatic N) is 5. The fourth-order valence-corrected chi connectivity index (χ4v) is 12.0. The van der Waals surface area contributed by atoms with E-state index < -0.39 is 63.7 Å². The number of unbranched alkanes of at least 4 members (excludes halogenated alkanes) is 1. The van der Waals surface area contributed by atoms with Crippen LogP contribution in [0.5, 0.6) is 5.75 Å². The van der Waals surface area contributed by atoms with Crippen molar-refractivity contribution >= 4 is 35.0 Å². The van der Waals surface area contributed by atoms with E-state index in [1.54, 1.807) is 17.4 Å². The molecule has 2 aliphatic heterocycles. The summed E-state index contributed by atoms with van der Waals surface area (Å²) < 4.78 is 47.0. The van der Waals surface area contributed by atoms with Gasteiger partial charge in [-0.25, -0.2) is 4.98 Å². The Kier molecular flexibility index (Phi) is 17.0. The van der Waals surface area contributed by atoms with E-state index in [2.05, 4.69) is 30.7 Å². The van der Waals surface area contributed by atoms with Crippen molar-refractivity contribution in [2.45, 2.75) is 131 Å². The van der Waals surface area contributed by atoms with Crippen LogP contribution in [0, 0.1) is 34.5 Å². The smallest absolute Gasteiger partial charge is 0.417 e. The standard InChI is InChI=1S/C56H71F3N8O6S/c1-34(37-17-19-38(20-18-37)46-35(2)61-33-74-46)62-49(71)44-28-41(68)31-67(44)50(72)47(53(3,4)5)63-45(69)32-66-26-24-65(25-27-66)23-11-10-12-36-13-15-39(16-14-36)48(70)64-51-54(6,7)52(55(51,8)9)73-42-22-21-40(30-60)43(29-42)56(57,58)59/h13-22,29,33-34,41,44,47,51-52,68H,10-12,23-28,31-32H2,1-9H3,(H,62,71)(H,63,69)(H,64,70)/t34-,41+,44-,47+,51?,52?/m0/s1. The molecule has 74 heavy (non-hydrogen) atoms. The van der Waals surface area contributed by atoms with Crippen molar-refractivity contribution in [3.63, 3.8) is 0 Å². The van der Waals surface area contributed by atoms with E-state index in [1.165, 1.54) is 11.0 Å². The molecule has 4 amide bonds. The summed E-state index contributed by atoms with van der Waals surface area (Å²) in [6.45, 7) is 21.2. The van der Waals surface area contributed by atoms with Gasteiger partial charge in [0.2, 0.25) is 17.7 Å². The van der Waals surface area contributed by atoms with Crippen LogP contribution < -0.4 is 20.7 Å². The van der Waals surface area contributed by atoms with Crippen LogP contribution in [0.3, 0.4) is 0 Å². The number of thiazole rings is 1.